The average Bonchev–Trinajstić information content (AvgIpc) is 2.57. The van der Waals surface area contributed by atoms with Crippen LogP contribution in [0.4, 0.5) is 4.79 Å². The molecule has 0 fully saturated rings. The molecule has 0 aliphatic carbocycles. The first-order valence-corrected chi connectivity index (χ1v) is 8.76. The fourth-order valence-corrected chi connectivity index (χ4v) is 2.45. The zero-order chi connectivity index (χ0) is 18.1. The van der Waals surface area contributed by atoms with Crippen LogP contribution in [0.15, 0.2) is 24.3 Å². The molecule has 0 heterocycles. The summed E-state index contributed by atoms with van der Waals surface area (Å²) < 4.78 is 0. The SMILES string of the molecule is CCCNC(=O)CN(C)C(=O)NC(c1ccc(CC)cc1)C(C)C. The Morgan fingerprint density at radius 2 is 1.75 bits per heavy atom. The molecule has 0 bridgehead atoms. The van der Waals surface area contributed by atoms with Gasteiger partial charge in [0.1, 0.15) is 6.54 Å². The summed E-state index contributed by atoms with van der Waals surface area (Å²) in [6, 6.07) is 8.01. The zero-order valence-electron chi connectivity index (χ0n) is 15.6. The van der Waals surface area contributed by atoms with Gasteiger partial charge in [-0.25, -0.2) is 4.79 Å². The van der Waals surface area contributed by atoms with Gasteiger partial charge in [-0.05, 0) is 29.9 Å². The molecule has 0 saturated carbocycles. The van der Waals surface area contributed by atoms with Crippen molar-refractivity contribution in [3.05, 3.63) is 35.4 Å². The highest BCUT2D eigenvalue weighted by Crippen LogP contribution is 2.22. The van der Waals surface area contributed by atoms with E-state index in [1.807, 2.05) is 6.92 Å². The predicted octanol–water partition coefficient (Wildman–Crippen LogP) is 3.11. The fourth-order valence-electron chi connectivity index (χ4n) is 2.45. The molecule has 0 spiro atoms. The van der Waals surface area contributed by atoms with E-state index in [-0.39, 0.29) is 30.4 Å². The maximum atomic E-state index is 12.4. The topological polar surface area (TPSA) is 61.4 Å². The summed E-state index contributed by atoms with van der Waals surface area (Å²) in [6.07, 6.45) is 1.87. The van der Waals surface area contributed by atoms with Gasteiger partial charge in [0.15, 0.2) is 0 Å². The van der Waals surface area contributed by atoms with Crippen LogP contribution < -0.4 is 10.6 Å². The third-order valence-corrected chi connectivity index (χ3v) is 3.99. The van der Waals surface area contributed by atoms with Gasteiger partial charge in [0.25, 0.3) is 0 Å². The third-order valence-electron chi connectivity index (χ3n) is 3.99. The number of hydrogen-bond donors (Lipinski definition) is 2. The van der Waals surface area contributed by atoms with Crippen LogP contribution in [0.25, 0.3) is 0 Å². The molecule has 2 N–H and O–H groups in total. The largest absolute Gasteiger partial charge is 0.355 e. The van der Waals surface area contributed by atoms with Crippen LogP contribution >= 0.6 is 0 Å². The van der Waals surface area contributed by atoms with Gasteiger partial charge in [0, 0.05) is 13.6 Å². The molecule has 0 aromatic heterocycles. The number of nitrogens with zero attached hydrogens (tertiary/aromatic N) is 1. The molecule has 134 valence electrons. The van der Waals surface area contributed by atoms with E-state index < -0.39 is 0 Å². The van der Waals surface area contributed by atoms with Crippen LogP contribution in [-0.4, -0.2) is 37.0 Å². The summed E-state index contributed by atoms with van der Waals surface area (Å²) in [7, 11) is 1.64. The highest BCUT2D eigenvalue weighted by Gasteiger charge is 2.21. The lowest BCUT2D eigenvalue weighted by atomic mass is 9.95. The molecule has 5 heteroatoms. The number of amides is 3. The van der Waals surface area contributed by atoms with E-state index in [4.69, 9.17) is 0 Å². The molecular formula is C19H31N3O2. The van der Waals surface area contributed by atoms with Crippen LogP contribution in [0.2, 0.25) is 0 Å². The maximum Gasteiger partial charge on any atom is 0.318 e. The Morgan fingerprint density at radius 3 is 2.25 bits per heavy atom. The minimum atomic E-state index is -0.236. The molecule has 5 nitrogen and oxygen atoms in total. The van der Waals surface area contributed by atoms with E-state index in [2.05, 4.69) is 55.7 Å². The number of benzene rings is 1. The zero-order valence-corrected chi connectivity index (χ0v) is 15.6. The van der Waals surface area contributed by atoms with Crippen LogP contribution in [0.1, 0.15) is 51.3 Å². The Kier molecular flexibility index (Phi) is 8.30. The summed E-state index contributed by atoms with van der Waals surface area (Å²) >= 11 is 0. The van der Waals surface area contributed by atoms with Crippen molar-refractivity contribution < 1.29 is 9.59 Å². The second-order valence-corrected chi connectivity index (χ2v) is 6.47. The fraction of sp³-hybridized carbons (Fsp3) is 0.579. The molecule has 1 unspecified atom stereocenters. The number of hydrogen-bond acceptors (Lipinski definition) is 2. The summed E-state index contributed by atoms with van der Waals surface area (Å²) in [6.45, 7) is 8.96. The van der Waals surface area contributed by atoms with E-state index in [9.17, 15) is 9.59 Å². The van der Waals surface area contributed by atoms with Crippen LogP contribution in [0.3, 0.4) is 0 Å². The molecule has 0 aliphatic heterocycles. The molecule has 1 rings (SSSR count). The van der Waals surface area contributed by atoms with Crippen molar-refractivity contribution in [2.75, 3.05) is 20.1 Å². The summed E-state index contributed by atoms with van der Waals surface area (Å²) in [5.41, 5.74) is 2.36. The van der Waals surface area contributed by atoms with E-state index in [1.54, 1.807) is 7.05 Å². The lowest BCUT2D eigenvalue weighted by Gasteiger charge is -2.26. The van der Waals surface area contributed by atoms with Crippen molar-refractivity contribution in [3.63, 3.8) is 0 Å². The van der Waals surface area contributed by atoms with E-state index in [0.717, 1.165) is 18.4 Å². The number of carbonyl (C=O) groups is 2. The summed E-state index contributed by atoms with van der Waals surface area (Å²) in [5, 5.41) is 5.82. The van der Waals surface area contributed by atoms with Gasteiger partial charge < -0.3 is 15.5 Å². The first-order chi connectivity index (χ1) is 11.4. The van der Waals surface area contributed by atoms with Crippen LogP contribution in [0, 0.1) is 5.92 Å². The number of likely N-dealkylation sites (N-methyl/N-ethyl adjacent to an activating group) is 1. The van der Waals surface area contributed by atoms with Gasteiger partial charge in [-0.2, -0.15) is 0 Å². The second kappa shape index (κ2) is 9.96. The molecule has 1 aromatic carbocycles. The number of carbonyl (C=O) groups excluding carboxylic acids is 2. The Labute approximate surface area is 145 Å². The van der Waals surface area contributed by atoms with Crippen LogP contribution in [-0.2, 0) is 11.2 Å². The second-order valence-electron chi connectivity index (χ2n) is 6.47. The summed E-state index contributed by atoms with van der Waals surface area (Å²) in [5.74, 6) is 0.117. The predicted molar refractivity (Wildman–Crippen MR) is 97.9 cm³/mol. The van der Waals surface area contributed by atoms with Crippen molar-refractivity contribution >= 4 is 11.9 Å². The number of urea groups is 1. The van der Waals surface area contributed by atoms with Crippen molar-refractivity contribution in [2.24, 2.45) is 5.92 Å². The molecule has 0 radical (unpaired) electrons. The van der Waals surface area contributed by atoms with Crippen molar-refractivity contribution in [2.45, 2.75) is 46.6 Å². The van der Waals surface area contributed by atoms with E-state index in [0.29, 0.717) is 6.54 Å². The lowest BCUT2D eigenvalue weighted by Crippen LogP contribution is -2.45. The van der Waals surface area contributed by atoms with Crippen molar-refractivity contribution in [1.82, 2.24) is 15.5 Å². The molecule has 24 heavy (non-hydrogen) atoms. The van der Waals surface area contributed by atoms with E-state index >= 15 is 0 Å². The Bertz CT molecular complexity index is 526. The van der Waals surface area contributed by atoms with Gasteiger partial charge >= 0.3 is 6.03 Å². The third kappa shape index (κ3) is 6.22. The highest BCUT2D eigenvalue weighted by molar-refractivity contribution is 5.84. The molecule has 1 aromatic rings. The Morgan fingerprint density at radius 1 is 1.12 bits per heavy atom. The maximum absolute atomic E-state index is 12.4. The van der Waals surface area contributed by atoms with Crippen LogP contribution in [0.5, 0.6) is 0 Å². The standard InChI is InChI=1S/C19H31N3O2/c1-6-12-20-17(23)13-22(5)19(24)21-18(14(3)4)16-10-8-15(7-2)9-11-16/h8-11,14,18H,6-7,12-13H2,1-5H3,(H,20,23)(H,21,24). The molecular weight excluding hydrogens is 302 g/mol. The molecule has 0 aliphatic rings. The van der Waals surface area contributed by atoms with Gasteiger partial charge in [0.05, 0.1) is 6.04 Å². The van der Waals surface area contributed by atoms with Gasteiger partial charge in [0.2, 0.25) is 5.91 Å². The van der Waals surface area contributed by atoms with Crippen molar-refractivity contribution in [1.29, 1.82) is 0 Å². The first-order valence-electron chi connectivity index (χ1n) is 8.76. The number of nitrogens with one attached hydrogen (secondary N) is 2. The monoisotopic (exact) mass is 333 g/mol. The van der Waals surface area contributed by atoms with Gasteiger partial charge in [-0.3, -0.25) is 4.79 Å². The summed E-state index contributed by atoms with van der Waals surface area (Å²) in [4.78, 5) is 25.6. The molecule has 3 amide bonds. The van der Waals surface area contributed by atoms with Crippen molar-refractivity contribution in [3.8, 4) is 0 Å². The van der Waals surface area contributed by atoms with E-state index in [1.165, 1.54) is 10.5 Å². The normalized spacial score (nSPS) is 11.9. The smallest absolute Gasteiger partial charge is 0.318 e. The van der Waals surface area contributed by atoms with Gasteiger partial charge in [-0.1, -0.05) is 52.0 Å². The Balaban J connectivity index is 2.69. The minimum absolute atomic E-state index is 0.0609. The quantitative estimate of drug-likeness (QED) is 0.768. The molecule has 1 atom stereocenters. The molecule has 0 saturated heterocycles. The minimum Gasteiger partial charge on any atom is -0.355 e. The first kappa shape index (κ1) is 20.0. The Hall–Kier alpha value is -2.04. The number of rotatable bonds is 8. The highest BCUT2D eigenvalue weighted by atomic mass is 16.2. The average molecular weight is 333 g/mol. The number of aryl methyl sites for hydroxylation is 1. The van der Waals surface area contributed by atoms with Gasteiger partial charge in [-0.15, -0.1) is 0 Å². The lowest BCUT2D eigenvalue weighted by molar-refractivity contribution is -0.121.